The van der Waals surface area contributed by atoms with Crippen molar-refractivity contribution in [3.8, 4) is 0 Å². The summed E-state index contributed by atoms with van der Waals surface area (Å²) in [7, 11) is -1.71. The summed E-state index contributed by atoms with van der Waals surface area (Å²) < 4.78 is 2.91. The molecular weight excluding hydrogens is 481 g/mol. The predicted molar refractivity (Wildman–Crippen MR) is 134 cm³/mol. The van der Waals surface area contributed by atoms with Crippen molar-refractivity contribution in [3.05, 3.63) is 74.3 Å². The Morgan fingerprint density at radius 2 is 1.29 bits per heavy atom. The Balaban J connectivity index is 1.85. The van der Waals surface area contributed by atoms with E-state index in [1.54, 1.807) is 26.7 Å². The first-order valence-corrected chi connectivity index (χ1v) is 21.6. The fraction of sp³-hybridized carbons (Fsp3) is 0.360. The number of hydrogen-bond donors (Lipinski definition) is 0. The van der Waals surface area contributed by atoms with E-state index in [2.05, 4.69) is 109 Å². The van der Waals surface area contributed by atoms with Crippen LogP contribution in [0.4, 0.5) is 0 Å². The van der Waals surface area contributed by atoms with Gasteiger partial charge in [-0.2, -0.15) is 0 Å². The van der Waals surface area contributed by atoms with Crippen LogP contribution in [0, 0.1) is 0 Å². The van der Waals surface area contributed by atoms with E-state index < -0.39 is 21.3 Å². The zero-order valence-corrected chi connectivity index (χ0v) is 22.8. The normalized spacial score (nSPS) is 21.3. The second-order valence-corrected chi connectivity index (χ2v) is 26.5. The minimum atomic E-state index is -1.90. The first-order valence-electron chi connectivity index (χ1n) is 10.3. The molecule has 0 bridgehead atoms. The van der Waals surface area contributed by atoms with Gasteiger partial charge in [-0.25, -0.2) is 0 Å². The minimum absolute atomic E-state index is 0.583. The number of allylic oxidation sites excluding steroid dienone is 2. The number of benzene rings is 2. The number of fused-ring (bicyclic) bond motifs is 2. The molecule has 0 nitrogen and oxygen atoms in total. The van der Waals surface area contributed by atoms with Crippen molar-refractivity contribution in [3.63, 3.8) is 0 Å². The molecule has 2 aliphatic carbocycles. The standard InChI is InChI=1S/C25H31BrGeSi/c1-16-14-20-18(10-8-12-22(20)26)24(16)28(6,7)25-17(2)15-21-19(25)11-9-13-23(21)27(3,4)5/h8-15,24-25H,1-7H3. The van der Waals surface area contributed by atoms with Crippen molar-refractivity contribution >= 4 is 53.8 Å². The Kier molecular flexibility index (Phi) is 5.00. The maximum atomic E-state index is 3.79. The molecule has 0 aromatic heterocycles. The van der Waals surface area contributed by atoms with Crippen molar-refractivity contribution < 1.29 is 0 Å². The summed E-state index contributed by atoms with van der Waals surface area (Å²) in [6, 6.07) is 13.9. The Labute approximate surface area is 182 Å². The van der Waals surface area contributed by atoms with Gasteiger partial charge in [0.15, 0.2) is 0 Å². The van der Waals surface area contributed by atoms with Crippen LogP contribution in [-0.4, -0.2) is 21.3 Å². The summed E-state index contributed by atoms with van der Waals surface area (Å²) in [6.07, 6.45) is 4.96. The SMILES string of the molecule is CC1=Cc2c(Br)cccc2C1[Si](C)(C)C1C(C)=Cc2c1ccc[c]2[Ge]([CH3])([CH3])[CH3]. The van der Waals surface area contributed by atoms with Crippen LogP contribution in [0.15, 0.2) is 52.0 Å². The summed E-state index contributed by atoms with van der Waals surface area (Å²) in [5.74, 6) is 7.56. The molecule has 0 saturated heterocycles. The molecule has 0 fully saturated rings. The van der Waals surface area contributed by atoms with E-state index in [4.69, 9.17) is 0 Å². The molecule has 2 unspecified atom stereocenters. The number of halogens is 1. The van der Waals surface area contributed by atoms with Crippen LogP contribution in [0.25, 0.3) is 12.2 Å². The molecule has 2 aromatic carbocycles. The van der Waals surface area contributed by atoms with E-state index in [1.807, 2.05) is 0 Å². The molecular formula is C25H31BrGeSi. The van der Waals surface area contributed by atoms with Crippen molar-refractivity contribution in [2.24, 2.45) is 0 Å². The van der Waals surface area contributed by atoms with Gasteiger partial charge in [0.2, 0.25) is 0 Å². The van der Waals surface area contributed by atoms with Gasteiger partial charge in [0.1, 0.15) is 0 Å². The number of hydrogen-bond acceptors (Lipinski definition) is 0. The van der Waals surface area contributed by atoms with E-state index in [-0.39, 0.29) is 0 Å². The van der Waals surface area contributed by atoms with Crippen molar-refractivity contribution in [1.29, 1.82) is 0 Å². The molecule has 0 radical (unpaired) electrons. The summed E-state index contributed by atoms with van der Waals surface area (Å²) in [5.41, 5.74) is 10.4. The van der Waals surface area contributed by atoms with Gasteiger partial charge in [0.25, 0.3) is 0 Å². The van der Waals surface area contributed by atoms with Crippen LogP contribution in [0.5, 0.6) is 0 Å². The molecule has 0 saturated carbocycles. The zero-order chi connectivity index (χ0) is 20.4. The Hall–Kier alpha value is -0.840. The molecule has 0 N–H and O–H groups in total. The quantitative estimate of drug-likeness (QED) is 0.375. The van der Waals surface area contributed by atoms with E-state index in [9.17, 15) is 0 Å². The second kappa shape index (κ2) is 6.85. The van der Waals surface area contributed by atoms with Crippen molar-refractivity contribution in [2.75, 3.05) is 0 Å². The van der Waals surface area contributed by atoms with Crippen LogP contribution in [0.3, 0.4) is 0 Å². The van der Waals surface area contributed by atoms with Gasteiger partial charge in [0.05, 0.1) is 0 Å². The monoisotopic (exact) mass is 512 g/mol. The zero-order valence-electron chi connectivity index (χ0n) is 18.2. The molecule has 4 rings (SSSR count). The van der Waals surface area contributed by atoms with Crippen LogP contribution in [0.2, 0.25) is 30.4 Å². The van der Waals surface area contributed by atoms with Crippen LogP contribution in [0.1, 0.15) is 47.2 Å². The van der Waals surface area contributed by atoms with Crippen molar-refractivity contribution in [1.82, 2.24) is 0 Å². The molecule has 0 amide bonds. The predicted octanol–water partition coefficient (Wildman–Crippen LogP) is 7.48. The second-order valence-electron chi connectivity index (χ2n) is 10.3. The van der Waals surface area contributed by atoms with Gasteiger partial charge >= 0.3 is 183 Å². The first kappa shape index (κ1) is 20.4. The van der Waals surface area contributed by atoms with Gasteiger partial charge < -0.3 is 0 Å². The third kappa shape index (κ3) is 3.07. The fourth-order valence-electron chi connectivity index (χ4n) is 5.86. The van der Waals surface area contributed by atoms with E-state index >= 15 is 0 Å². The summed E-state index contributed by atoms with van der Waals surface area (Å²) in [6.45, 7) is 9.97. The Morgan fingerprint density at radius 1 is 0.786 bits per heavy atom. The van der Waals surface area contributed by atoms with Crippen LogP contribution >= 0.6 is 15.9 Å². The fourth-order valence-corrected chi connectivity index (χ4v) is 14.7. The first-order chi connectivity index (χ1) is 13.0. The summed E-state index contributed by atoms with van der Waals surface area (Å²) in [4.78, 5) is 0. The summed E-state index contributed by atoms with van der Waals surface area (Å²) in [5, 5.41) is 0. The van der Waals surface area contributed by atoms with Gasteiger partial charge in [0, 0.05) is 0 Å². The van der Waals surface area contributed by atoms with Gasteiger partial charge in [-0.1, -0.05) is 0 Å². The van der Waals surface area contributed by atoms with E-state index in [0.29, 0.717) is 11.1 Å². The van der Waals surface area contributed by atoms with Crippen molar-refractivity contribution in [2.45, 2.75) is 55.3 Å². The van der Waals surface area contributed by atoms with Crippen LogP contribution in [-0.2, 0) is 0 Å². The van der Waals surface area contributed by atoms with Gasteiger partial charge in [-0.15, -0.1) is 0 Å². The molecule has 0 aliphatic heterocycles. The van der Waals surface area contributed by atoms with E-state index in [0.717, 1.165) is 0 Å². The maximum absolute atomic E-state index is 3.79. The Morgan fingerprint density at radius 3 is 1.86 bits per heavy atom. The topological polar surface area (TPSA) is 0 Å². The molecule has 2 aromatic rings. The number of rotatable bonds is 3. The Bertz CT molecular complexity index is 1020. The average Bonchev–Trinajstić information content (AvgIpc) is 3.10. The molecule has 0 spiro atoms. The molecule has 2 atom stereocenters. The van der Waals surface area contributed by atoms with E-state index in [1.165, 1.54) is 15.6 Å². The van der Waals surface area contributed by atoms with Gasteiger partial charge in [-0.3, -0.25) is 0 Å². The van der Waals surface area contributed by atoms with Crippen LogP contribution < -0.4 is 4.40 Å². The molecule has 3 heteroatoms. The average molecular weight is 512 g/mol. The molecule has 2 aliphatic rings. The van der Waals surface area contributed by atoms with Gasteiger partial charge in [-0.05, 0) is 0 Å². The summed E-state index contributed by atoms with van der Waals surface area (Å²) >= 11 is 1.88. The molecule has 28 heavy (non-hydrogen) atoms. The molecule has 0 heterocycles. The third-order valence-electron chi connectivity index (χ3n) is 6.80. The molecule has 146 valence electrons. The third-order valence-corrected chi connectivity index (χ3v) is 16.3.